The first-order valence-electron chi connectivity index (χ1n) is 4.56. The molecule has 0 radical (unpaired) electrons. The zero-order valence-corrected chi connectivity index (χ0v) is 8.04. The summed E-state index contributed by atoms with van der Waals surface area (Å²) in [4.78, 5) is 7.71. The van der Waals surface area contributed by atoms with Gasteiger partial charge < -0.3 is 10.8 Å². The molecule has 4 nitrogen and oxygen atoms in total. The number of aliphatic hydroxyl groups excluding tert-OH is 1. The van der Waals surface area contributed by atoms with E-state index >= 15 is 0 Å². The molecule has 0 spiro atoms. The minimum atomic E-state index is -0.702. The highest BCUT2D eigenvalue weighted by molar-refractivity contribution is 5.41. The fourth-order valence-corrected chi connectivity index (χ4v) is 1.32. The molecule has 2 rings (SSSR count). The van der Waals surface area contributed by atoms with E-state index in [4.69, 9.17) is 5.73 Å². The Hall–Kier alpha value is -1.94. The minimum absolute atomic E-state index is 0.669. The molecule has 0 aliphatic carbocycles. The van der Waals surface area contributed by atoms with E-state index in [1.54, 1.807) is 36.7 Å². The second kappa shape index (κ2) is 4.06. The van der Waals surface area contributed by atoms with Gasteiger partial charge in [-0.25, -0.2) is 9.97 Å². The first-order chi connectivity index (χ1) is 7.27. The zero-order valence-electron chi connectivity index (χ0n) is 8.04. The van der Waals surface area contributed by atoms with Crippen molar-refractivity contribution >= 4 is 5.69 Å². The van der Waals surface area contributed by atoms with Crippen LogP contribution in [0, 0.1) is 0 Å². The monoisotopic (exact) mass is 201 g/mol. The number of aliphatic hydroxyl groups is 1. The summed E-state index contributed by atoms with van der Waals surface area (Å²) in [5, 5.41) is 9.96. The average molecular weight is 201 g/mol. The Balaban J connectivity index is 2.29. The number of aromatic nitrogens is 2. The van der Waals surface area contributed by atoms with E-state index in [9.17, 15) is 5.11 Å². The van der Waals surface area contributed by atoms with Gasteiger partial charge in [0.1, 0.15) is 12.4 Å². The number of nitrogens with two attached hydrogens (primary N) is 1. The maximum atomic E-state index is 9.96. The number of nitrogens with zero attached hydrogens (tertiary/aromatic N) is 2. The van der Waals surface area contributed by atoms with Gasteiger partial charge in [0.05, 0.1) is 0 Å². The maximum Gasteiger partial charge on any atom is 0.115 e. The first-order valence-corrected chi connectivity index (χ1v) is 4.56. The van der Waals surface area contributed by atoms with E-state index in [1.165, 1.54) is 6.33 Å². The average Bonchev–Trinajstić information content (AvgIpc) is 2.30. The second-order valence-electron chi connectivity index (χ2n) is 3.24. The number of benzene rings is 1. The summed E-state index contributed by atoms with van der Waals surface area (Å²) in [5.74, 6) is 0. The minimum Gasteiger partial charge on any atom is -0.399 e. The molecule has 0 aliphatic heterocycles. The lowest BCUT2D eigenvalue weighted by Crippen LogP contribution is -2.00. The molecule has 0 aliphatic rings. The summed E-state index contributed by atoms with van der Waals surface area (Å²) >= 11 is 0. The molecular formula is C11H11N3O. The Morgan fingerprint density at radius 1 is 1.00 bits per heavy atom. The van der Waals surface area contributed by atoms with Gasteiger partial charge in [-0.15, -0.1) is 0 Å². The number of nitrogen functional groups attached to an aromatic ring is 1. The van der Waals surface area contributed by atoms with E-state index in [-0.39, 0.29) is 0 Å². The van der Waals surface area contributed by atoms with Crippen LogP contribution in [0.25, 0.3) is 0 Å². The summed E-state index contributed by atoms with van der Waals surface area (Å²) in [6.45, 7) is 0. The second-order valence-corrected chi connectivity index (χ2v) is 3.24. The van der Waals surface area contributed by atoms with Crippen molar-refractivity contribution in [2.45, 2.75) is 6.10 Å². The molecule has 0 amide bonds. The van der Waals surface area contributed by atoms with Crippen LogP contribution in [0.2, 0.25) is 0 Å². The van der Waals surface area contributed by atoms with E-state index in [1.807, 2.05) is 0 Å². The third kappa shape index (κ3) is 2.11. The standard InChI is InChI=1S/C11H11N3O/c12-10-3-1-8(2-4-10)11(15)9-5-13-7-14-6-9/h1-7,11,15H,12H2. The molecule has 76 valence electrons. The Morgan fingerprint density at radius 3 is 2.20 bits per heavy atom. The van der Waals surface area contributed by atoms with Crippen LogP contribution in [0.4, 0.5) is 5.69 Å². The number of anilines is 1. The van der Waals surface area contributed by atoms with Gasteiger partial charge in [-0.3, -0.25) is 0 Å². The Morgan fingerprint density at radius 2 is 1.60 bits per heavy atom. The molecule has 2 aromatic rings. The number of hydrogen-bond donors (Lipinski definition) is 2. The summed E-state index contributed by atoms with van der Waals surface area (Å²) in [6, 6.07) is 7.07. The van der Waals surface area contributed by atoms with Gasteiger partial charge in [0.15, 0.2) is 0 Å². The van der Waals surface area contributed by atoms with Gasteiger partial charge in [-0.05, 0) is 17.7 Å². The van der Waals surface area contributed by atoms with Crippen LogP contribution in [-0.4, -0.2) is 15.1 Å². The smallest absolute Gasteiger partial charge is 0.115 e. The van der Waals surface area contributed by atoms with Crippen molar-refractivity contribution in [3.05, 3.63) is 54.1 Å². The molecular weight excluding hydrogens is 190 g/mol. The molecule has 0 bridgehead atoms. The topological polar surface area (TPSA) is 72.0 Å². The lowest BCUT2D eigenvalue weighted by Gasteiger charge is -2.10. The van der Waals surface area contributed by atoms with E-state index in [0.29, 0.717) is 11.3 Å². The lowest BCUT2D eigenvalue weighted by molar-refractivity contribution is 0.219. The van der Waals surface area contributed by atoms with Crippen LogP contribution in [0.1, 0.15) is 17.2 Å². The van der Waals surface area contributed by atoms with E-state index in [0.717, 1.165) is 5.56 Å². The zero-order chi connectivity index (χ0) is 10.7. The van der Waals surface area contributed by atoms with E-state index < -0.39 is 6.10 Å². The van der Waals surface area contributed by atoms with Gasteiger partial charge in [-0.1, -0.05) is 12.1 Å². The van der Waals surface area contributed by atoms with Crippen LogP contribution in [0.15, 0.2) is 43.0 Å². The molecule has 1 aromatic heterocycles. The highest BCUT2D eigenvalue weighted by Crippen LogP contribution is 2.20. The largest absolute Gasteiger partial charge is 0.399 e. The molecule has 0 saturated carbocycles. The molecule has 1 atom stereocenters. The fourth-order valence-electron chi connectivity index (χ4n) is 1.32. The Kier molecular flexibility index (Phi) is 2.60. The first kappa shape index (κ1) is 9.61. The van der Waals surface area contributed by atoms with Gasteiger partial charge >= 0.3 is 0 Å². The third-order valence-electron chi connectivity index (χ3n) is 2.15. The van der Waals surface area contributed by atoms with Crippen molar-refractivity contribution in [3.63, 3.8) is 0 Å². The van der Waals surface area contributed by atoms with Crippen molar-refractivity contribution in [2.24, 2.45) is 0 Å². The van der Waals surface area contributed by atoms with Crippen molar-refractivity contribution < 1.29 is 5.11 Å². The summed E-state index contributed by atoms with van der Waals surface area (Å²) in [7, 11) is 0. The maximum absolute atomic E-state index is 9.96. The normalized spacial score (nSPS) is 12.3. The lowest BCUT2D eigenvalue weighted by atomic mass is 10.0. The predicted molar refractivity (Wildman–Crippen MR) is 56.9 cm³/mol. The predicted octanol–water partition coefficient (Wildman–Crippen LogP) is 1.14. The van der Waals surface area contributed by atoms with Crippen molar-refractivity contribution in [3.8, 4) is 0 Å². The summed E-state index contributed by atoms with van der Waals surface area (Å²) in [6.07, 6.45) is 3.91. The Bertz CT molecular complexity index is 427. The van der Waals surface area contributed by atoms with Gasteiger partial charge in [0.25, 0.3) is 0 Å². The summed E-state index contributed by atoms with van der Waals surface area (Å²) < 4.78 is 0. The van der Waals surface area contributed by atoms with Gasteiger partial charge in [0, 0.05) is 23.6 Å². The van der Waals surface area contributed by atoms with Crippen LogP contribution in [0.5, 0.6) is 0 Å². The summed E-state index contributed by atoms with van der Waals surface area (Å²) in [5.41, 5.74) is 7.68. The van der Waals surface area contributed by atoms with Crippen LogP contribution in [-0.2, 0) is 0 Å². The molecule has 1 heterocycles. The third-order valence-corrected chi connectivity index (χ3v) is 2.15. The molecule has 0 saturated heterocycles. The molecule has 1 unspecified atom stereocenters. The van der Waals surface area contributed by atoms with Crippen molar-refractivity contribution in [1.82, 2.24) is 9.97 Å². The SMILES string of the molecule is Nc1ccc(C(O)c2cncnc2)cc1. The van der Waals surface area contributed by atoms with Crippen molar-refractivity contribution in [2.75, 3.05) is 5.73 Å². The highest BCUT2D eigenvalue weighted by atomic mass is 16.3. The number of hydrogen-bond acceptors (Lipinski definition) is 4. The quantitative estimate of drug-likeness (QED) is 0.715. The molecule has 0 fully saturated rings. The van der Waals surface area contributed by atoms with Gasteiger partial charge in [-0.2, -0.15) is 0 Å². The van der Waals surface area contributed by atoms with Crippen LogP contribution in [0.3, 0.4) is 0 Å². The Labute approximate surface area is 87.4 Å². The number of rotatable bonds is 2. The fraction of sp³-hybridized carbons (Fsp3) is 0.0909. The van der Waals surface area contributed by atoms with Crippen LogP contribution < -0.4 is 5.73 Å². The molecule has 1 aromatic carbocycles. The van der Waals surface area contributed by atoms with E-state index in [2.05, 4.69) is 9.97 Å². The molecule has 4 heteroatoms. The van der Waals surface area contributed by atoms with Gasteiger partial charge in [0.2, 0.25) is 0 Å². The molecule has 3 N–H and O–H groups in total. The highest BCUT2D eigenvalue weighted by Gasteiger charge is 2.09. The van der Waals surface area contributed by atoms with Crippen LogP contribution >= 0.6 is 0 Å². The van der Waals surface area contributed by atoms with Crippen molar-refractivity contribution in [1.29, 1.82) is 0 Å². The molecule has 15 heavy (non-hydrogen) atoms.